The Balaban J connectivity index is 1.60. The van der Waals surface area contributed by atoms with E-state index in [1.165, 1.54) is 22.8 Å². The van der Waals surface area contributed by atoms with Gasteiger partial charge in [-0.25, -0.2) is 9.79 Å². The lowest BCUT2D eigenvalue weighted by Gasteiger charge is -2.24. The molecule has 1 unspecified atom stereocenters. The Morgan fingerprint density at radius 1 is 1.18 bits per heavy atom. The number of carbonyl (C=O) groups excluding carboxylic acids is 1. The van der Waals surface area contributed by atoms with E-state index in [0.717, 1.165) is 33.9 Å². The first kappa shape index (κ1) is 27.7. The van der Waals surface area contributed by atoms with Gasteiger partial charge in [0, 0.05) is 16.5 Å². The number of halogens is 3. The predicted molar refractivity (Wildman–Crippen MR) is 148 cm³/mol. The van der Waals surface area contributed by atoms with Crippen molar-refractivity contribution in [2.45, 2.75) is 31.0 Å². The van der Waals surface area contributed by atoms with Gasteiger partial charge in [0.1, 0.15) is 11.5 Å². The van der Waals surface area contributed by atoms with Gasteiger partial charge < -0.3 is 9.15 Å². The van der Waals surface area contributed by atoms with Crippen LogP contribution in [0.2, 0.25) is 0 Å². The maximum absolute atomic E-state index is 13.7. The third-order valence-corrected chi connectivity index (χ3v) is 8.05. The lowest BCUT2D eigenvalue weighted by atomic mass is 9.96. The Morgan fingerprint density at radius 2 is 1.93 bits per heavy atom. The number of thioether (sulfide) groups is 1. The van der Waals surface area contributed by atoms with Gasteiger partial charge >= 0.3 is 12.1 Å². The zero-order valence-electron chi connectivity index (χ0n) is 21.6. The highest BCUT2D eigenvalue weighted by atomic mass is 32.2. The van der Waals surface area contributed by atoms with Crippen LogP contribution in [0.3, 0.4) is 0 Å². The smallest absolute Gasteiger partial charge is 0.416 e. The zero-order valence-corrected chi connectivity index (χ0v) is 23.2. The van der Waals surface area contributed by atoms with Crippen molar-refractivity contribution in [3.63, 3.8) is 0 Å². The molecule has 0 saturated heterocycles. The first-order valence-electron chi connectivity index (χ1n) is 12.2. The van der Waals surface area contributed by atoms with E-state index in [4.69, 9.17) is 9.15 Å². The fourth-order valence-corrected chi connectivity index (χ4v) is 5.89. The molecule has 0 fully saturated rings. The average molecular weight is 585 g/mol. The maximum Gasteiger partial charge on any atom is 0.416 e. The van der Waals surface area contributed by atoms with Crippen LogP contribution in [0.5, 0.6) is 0 Å². The molecule has 5 rings (SSSR count). The molecule has 206 valence electrons. The van der Waals surface area contributed by atoms with Gasteiger partial charge in [0.25, 0.3) is 5.56 Å². The van der Waals surface area contributed by atoms with Crippen LogP contribution in [0.15, 0.2) is 91.0 Å². The Bertz CT molecular complexity index is 1800. The number of hydrogen-bond acceptors (Lipinski definition) is 7. The minimum absolute atomic E-state index is 0.171. The predicted octanol–water partition coefficient (Wildman–Crippen LogP) is 5.80. The number of alkyl halides is 3. The summed E-state index contributed by atoms with van der Waals surface area (Å²) in [5.41, 5.74) is 0.563. The summed E-state index contributed by atoms with van der Waals surface area (Å²) in [6.07, 6.45) is -0.996. The van der Waals surface area contributed by atoms with E-state index in [1.54, 1.807) is 37.7 Å². The van der Waals surface area contributed by atoms with Gasteiger partial charge in [-0.3, -0.25) is 9.36 Å². The fourth-order valence-electron chi connectivity index (χ4n) is 4.46. The van der Waals surface area contributed by atoms with Crippen LogP contribution in [-0.4, -0.2) is 23.4 Å². The summed E-state index contributed by atoms with van der Waals surface area (Å²) in [5.74, 6) is -0.0223. The van der Waals surface area contributed by atoms with E-state index >= 15 is 0 Å². The van der Waals surface area contributed by atoms with Crippen LogP contribution in [-0.2, 0) is 15.7 Å². The van der Waals surface area contributed by atoms with Crippen LogP contribution in [0, 0.1) is 0 Å². The topological polar surface area (TPSA) is 73.8 Å². The molecule has 6 nitrogen and oxygen atoms in total. The number of carbonyl (C=O) groups is 1. The largest absolute Gasteiger partial charge is 0.463 e. The fraction of sp³-hybridized carbons (Fsp3) is 0.207. The molecule has 2 aromatic heterocycles. The second kappa shape index (κ2) is 11.0. The molecule has 4 aromatic rings. The van der Waals surface area contributed by atoms with Crippen molar-refractivity contribution < 1.29 is 27.1 Å². The lowest BCUT2D eigenvalue weighted by Crippen LogP contribution is -2.39. The van der Waals surface area contributed by atoms with Crippen molar-refractivity contribution in [3.8, 4) is 11.3 Å². The number of hydrogen-bond donors (Lipinski definition) is 0. The first-order chi connectivity index (χ1) is 19.1. The number of rotatable bonds is 6. The molecule has 0 saturated carbocycles. The molecular weight excluding hydrogens is 561 g/mol. The van der Waals surface area contributed by atoms with Crippen molar-refractivity contribution in [1.29, 1.82) is 0 Å². The molecule has 11 heteroatoms. The van der Waals surface area contributed by atoms with E-state index in [9.17, 15) is 22.8 Å². The summed E-state index contributed by atoms with van der Waals surface area (Å²) < 4.78 is 52.4. The number of esters is 1. The number of furan rings is 1. The molecule has 1 aliphatic rings. The van der Waals surface area contributed by atoms with Crippen LogP contribution in [0.1, 0.15) is 36.8 Å². The summed E-state index contributed by atoms with van der Waals surface area (Å²) in [7, 11) is 0. The normalized spacial score (nSPS) is 15.7. The van der Waals surface area contributed by atoms with Gasteiger partial charge in [-0.15, -0.1) is 11.8 Å². The second-order valence-corrected chi connectivity index (χ2v) is 10.7. The minimum atomic E-state index is -4.48. The Morgan fingerprint density at radius 3 is 2.60 bits per heavy atom. The molecular formula is C29H23F3N2O4S2. The molecule has 40 heavy (non-hydrogen) atoms. The van der Waals surface area contributed by atoms with Crippen molar-refractivity contribution in [3.05, 3.63) is 109 Å². The lowest BCUT2D eigenvalue weighted by molar-refractivity contribution is -0.139. The second-order valence-electron chi connectivity index (χ2n) is 8.86. The summed E-state index contributed by atoms with van der Waals surface area (Å²) in [4.78, 5) is 32.7. The monoisotopic (exact) mass is 584 g/mol. The standard InChI is InChI=1S/C29H23F3N2O4S2/c1-4-37-27(36)24-16(2)33-28-34(25(24)17-8-11-21(39-3)12-9-17)26(35)23(40-28)15-20-10-13-22(38-20)18-6-5-7-19(14-18)29(30,31)32/h5-15,25H,4H2,1-3H3/b23-15+. The summed E-state index contributed by atoms with van der Waals surface area (Å²) >= 11 is 2.71. The number of fused-ring (bicyclic) bond motifs is 1. The van der Waals surface area contributed by atoms with Crippen LogP contribution < -0.4 is 14.9 Å². The van der Waals surface area contributed by atoms with Crippen LogP contribution in [0.4, 0.5) is 13.2 Å². The van der Waals surface area contributed by atoms with E-state index in [2.05, 4.69) is 4.99 Å². The highest BCUT2D eigenvalue weighted by Gasteiger charge is 2.33. The quantitative estimate of drug-likeness (QED) is 0.212. The highest BCUT2D eigenvalue weighted by molar-refractivity contribution is 7.98. The van der Waals surface area contributed by atoms with Gasteiger partial charge in [-0.1, -0.05) is 35.6 Å². The summed E-state index contributed by atoms with van der Waals surface area (Å²) in [5, 5.41) is 0. The van der Waals surface area contributed by atoms with Gasteiger partial charge in [0.05, 0.1) is 34.0 Å². The Kier molecular flexibility index (Phi) is 7.61. The van der Waals surface area contributed by atoms with Gasteiger partial charge in [-0.2, -0.15) is 13.2 Å². The van der Waals surface area contributed by atoms with E-state index in [1.807, 2.05) is 30.5 Å². The van der Waals surface area contributed by atoms with Gasteiger partial charge in [0.15, 0.2) is 4.80 Å². The molecule has 0 N–H and O–H groups in total. The van der Waals surface area contributed by atoms with E-state index in [-0.39, 0.29) is 29.1 Å². The third kappa shape index (κ3) is 5.31. The number of thiazole rings is 1. The molecule has 0 aliphatic carbocycles. The maximum atomic E-state index is 13.7. The number of ether oxygens (including phenoxy) is 1. The first-order valence-corrected chi connectivity index (χ1v) is 14.3. The van der Waals surface area contributed by atoms with Crippen LogP contribution in [0.25, 0.3) is 17.4 Å². The summed E-state index contributed by atoms with van der Waals surface area (Å²) in [6, 6.07) is 14.8. The van der Waals surface area contributed by atoms with Crippen molar-refractivity contribution in [2.75, 3.05) is 12.9 Å². The SMILES string of the molecule is CCOC(=O)C1=C(C)N=c2s/c(=C/c3ccc(-c4cccc(C(F)(F)F)c4)o3)c(=O)n2C1c1ccc(SC)cc1. The van der Waals surface area contributed by atoms with Crippen molar-refractivity contribution in [1.82, 2.24) is 4.57 Å². The van der Waals surface area contributed by atoms with Crippen LogP contribution >= 0.6 is 23.1 Å². The molecule has 3 heterocycles. The zero-order chi connectivity index (χ0) is 28.6. The Labute approximate surface area is 235 Å². The number of nitrogens with zero attached hydrogens (tertiary/aromatic N) is 2. The number of aromatic nitrogens is 1. The highest BCUT2D eigenvalue weighted by Crippen LogP contribution is 2.33. The Hall–Kier alpha value is -3.83. The number of allylic oxidation sites excluding steroid dienone is 1. The van der Waals surface area contributed by atoms with E-state index in [0.29, 0.717) is 20.8 Å². The molecule has 0 radical (unpaired) electrons. The average Bonchev–Trinajstić information content (AvgIpc) is 3.52. The molecule has 0 spiro atoms. The summed E-state index contributed by atoms with van der Waals surface area (Å²) in [6.45, 7) is 3.59. The molecule has 2 aromatic carbocycles. The van der Waals surface area contributed by atoms with Crippen molar-refractivity contribution in [2.24, 2.45) is 4.99 Å². The molecule has 0 amide bonds. The molecule has 1 atom stereocenters. The molecule has 0 bridgehead atoms. The minimum Gasteiger partial charge on any atom is -0.463 e. The van der Waals surface area contributed by atoms with E-state index < -0.39 is 23.8 Å². The van der Waals surface area contributed by atoms with Crippen molar-refractivity contribution >= 4 is 35.1 Å². The van der Waals surface area contributed by atoms with Gasteiger partial charge in [-0.05, 0) is 62.1 Å². The van der Waals surface area contributed by atoms with Gasteiger partial charge in [0.2, 0.25) is 0 Å². The molecule has 1 aliphatic heterocycles. The third-order valence-electron chi connectivity index (χ3n) is 6.32. The number of benzene rings is 2.